The van der Waals surface area contributed by atoms with Crippen molar-refractivity contribution in [3.8, 4) is 0 Å². The average Bonchev–Trinajstić information content (AvgIpc) is 3.43. The van der Waals surface area contributed by atoms with Crippen LogP contribution in [0.5, 0.6) is 0 Å². The highest BCUT2D eigenvalue weighted by molar-refractivity contribution is 9.10. The summed E-state index contributed by atoms with van der Waals surface area (Å²) in [4.78, 5) is 40.0. The van der Waals surface area contributed by atoms with E-state index in [0.717, 1.165) is 35.7 Å². The molecular weight excluding hydrogens is 542 g/mol. The summed E-state index contributed by atoms with van der Waals surface area (Å²) in [6, 6.07) is 10.7. The number of aliphatic hydroxyl groups excluding tert-OH is 1. The Bertz CT molecular complexity index is 1050. The van der Waals surface area contributed by atoms with Crippen molar-refractivity contribution >= 4 is 33.9 Å². The van der Waals surface area contributed by atoms with E-state index in [0.29, 0.717) is 17.9 Å². The van der Waals surface area contributed by atoms with Crippen LogP contribution in [-0.4, -0.2) is 47.2 Å². The van der Waals surface area contributed by atoms with Gasteiger partial charge < -0.3 is 19.0 Å². The van der Waals surface area contributed by atoms with Crippen molar-refractivity contribution < 1.29 is 33.4 Å². The van der Waals surface area contributed by atoms with Gasteiger partial charge in [0, 0.05) is 20.0 Å². The van der Waals surface area contributed by atoms with E-state index < -0.39 is 36.0 Å². The average molecular weight is 579 g/mol. The van der Waals surface area contributed by atoms with E-state index in [-0.39, 0.29) is 25.6 Å². The number of hydrogen-bond donors (Lipinski definition) is 1. The number of halogens is 1. The van der Waals surface area contributed by atoms with E-state index in [1.165, 1.54) is 11.8 Å². The number of ether oxygens (including phenoxy) is 2. The van der Waals surface area contributed by atoms with Gasteiger partial charge >= 0.3 is 12.1 Å². The number of unbranched alkanes of at least 4 members (excludes halogenated alkanes) is 3. The molecule has 0 bridgehead atoms. The summed E-state index contributed by atoms with van der Waals surface area (Å²) in [5, 5.41) is 8.98. The summed E-state index contributed by atoms with van der Waals surface area (Å²) >= 11 is 3.55. The van der Waals surface area contributed by atoms with Gasteiger partial charge in [0.1, 0.15) is 18.1 Å². The van der Waals surface area contributed by atoms with Gasteiger partial charge in [-0.1, -0.05) is 57.0 Å². The maximum absolute atomic E-state index is 14.0. The molecule has 1 aromatic heterocycles. The molecule has 3 rings (SSSR count). The normalized spacial score (nSPS) is 17.1. The molecule has 2 amide bonds. The summed E-state index contributed by atoms with van der Waals surface area (Å²) in [5.41, 5.74) is 0.862. The number of nitrogens with zero attached hydrogens (tertiary/aromatic N) is 1. The van der Waals surface area contributed by atoms with Crippen LogP contribution in [0.2, 0.25) is 0 Å². The van der Waals surface area contributed by atoms with Gasteiger partial charge in [-0.2, -0.15) is 0 Å². The second kappa shape index (κ2) is 13.8. The Balaban J connectivity index is 1.95. The third-order valence-electron chi connectivity index (χ3n) is 6.56. The molecule has 0 unspecified atom stereocenters. The lowest BCUT2D eigenvalue weighted by molar-refractivity contribution is -0.155. The van der Waals surface area contributed by atoms with Crippen LogP contribution < -0.4 is 0 Å². The Hall–Kier alpha value is -2.65. The lowest BCUT2D eigenvalue weighted by atomic mass is 9.90. The Morgan fingerprint density at radius 2 is 1.86 bits per heavy atom. The Morgan fingerprint density at radius 1 is 1.16 bits per heavy atom. The smallest absolute Gasteiger partial charge is 0.416 e. The van der Waals surface area contributed by atoms with Crippen molar-refractivity contribution in [2.24, 2.45) is 11.8 Å². The van der Waals surface area contributed by atoms with E-state index in [1.807, 2.05) is 44.2 Å². The summed E-state index contributed by atoms with van der Waals surface area (Å²) < 4.78 is 17.8. The highest BCUT2D eigenvalue weighted by atomic mass is 79.9. The summed E-state index contributed by atoms with van der Waals surface area (Å²) in [7, 11) is 0. The van der Waals surface area contributed by atoms with E-state index in [1.54, 1.807) is 6.07 Å². The van der Waals surface area contributed by atoms with E-state index in [4.69, 9.17) is 19.0 Å². The molecule has 1 N–H and O–H groups in total. The zero-order valence-corrected chi connectivity index (χ0v) is 23.2. The second-order valence-corrected chi connectivity index (χ2v) is 10.6. The largest absolute Gasteiger partial charge is 0.461 e. The minimum atomic E-state index is -1.04. The first-order chi connectivity index (χ1) is 17.7. The van der Waals surface area contributed by atoms with Crippen molar-refractivity contribution in [3.63, 3.8) is 0 Å². The third kappa shape index (κ3) is 7.68. The minimum Gasteiger partial charge on any atom is -0.461 e. The number of carbonyl (C=O) groups is 3. The van der Waals surface area contributed by atoms with Crippen molar-refractivity contribution in [1.29, 1.82) is 0 Å². The molecule has 2 heterocycles. The van der Waals surface area contributed by atoms with Crippen LogP contribution in [0.25, 0.3) is 0 Å². The van der Waals surface area contributed by atoms with Crippen LogP contribution >= 0.6 is 15.9 Å². The zero-order chi connectivity index (χ0) is 26.9. The number of cyclic esters (lactones) is 1. The first-order valence-electron chi connectivity index (χ1n) is 12.8. The Morgan fingerprint density at radius 3 is 2.51 bits per heavy atom. The lowest BCUT2D eigenvalue weighted by Gasteiger charge is -2.30. The second-order valence-electron chi connectivity index (χ2n) is 9.73. The number of benzene rings is 1. The number of amides is 2. The molecule has 3 atom stereocenters. The number of furan rings is 1. The van der Waals surface area contributed by atoms with Gasteiger partial charge in [-0.3, -0.25) is 9.59 Å². The molecule has 1 fully saturated rings. The molecule has 0 aliphatic carbocycles. The van der Waals surface area contributed by atoms with Gasteiger partial charge in [0.25, 0.3) is 0 Å². The number of aryl methyl sites for hydroxylation is 1. The fraction of sp³-hybridized carbons (Fsp3) is 0.536. The summed E-state index contributed by atoms with van der Waals surface area (Å²) in [6.45, 7) is 5.46. The highest BCUT2D eigenvalue weighted by Gasteiger charge is 2.46. The molecule has 0 spiro atoms. The number of imide groups is 1. The van der Waals surface area contributed by atoms with E-state index in [9.17, 15) is 14.4 Å². The molecule has 37 heavy (non-hydrogen) atoms. The maximum atomic E-state index is 14.0. The number of carbonyl (C=O) groups excluding carboxylic acids is 3. The molecule has 9 heteroatoms. The van der Waals surface area contributed by atoms with Crippen LogP contribution in [-0.2, 0) is 31.9 Å². The number of hydrogen-bond acceptors (Lipinski definition) is 7. The molecule has 2 aromatic rings. The monoisotopic (exact) mass is 577 g/mol. The molecule has 1 saturated heterocycles. The van der Waals surface area contributed by atoms with Crippen LogP contribution in [0.1, 0.15) is 69.6 Å². The first kappa shape index (κ1) is 28.9. The minimum absolute atomic E-state index is 0.00450. The van der Waals surface area contributed by atoms with Gasteiger partial charge in [-0.25, -0.2) is 9.69 Å². The van der Waals surface area contributed by atoms with Gasteiger partial charge in [-0.15, -0.1) is 0 Å². The summed E-state index contributed by atoms with van der Waals surface area (Å²) in [5.74, 6) is -0.894. The van der Waals surface area contributed by atoms with Crippen molar-refractivity contribution in [2.45, 2.75) is 71.4 Å². The Kier molecular flexibility index (Phi) is 10.8. The zero-order valence-electron chi connectivity index (χ0n) is 21.7. The predicted molar refractivity (Wildman–Crippen MR) is 141 cm³/mol. The van der Waals surface area contributed by atoms with Crippen LogP contribution in [0.15, 0.2) is 45.3 Å². The van der Waals surface area contributed by atoms with E-state index in [2.05, 4.69) is 15.9 Å². The van der Waals surface area contributed by atoms with Crippen LogP contribution in [0.3, 0.4) is 0 Å². The van der Waals surface area contributed by atoms with Gasteiger partial charge in [0.15, 0.2) is 6.10 Å². The quantitative estimate of drug-likeness (QED) is 0.244. The van der Waals surface area contributed by atoms with Crippen molar-refractivity contribution in [3.05, 3.63) is 58.0 Å². The number of aliphatic hydroxyl groups is 1. The maximum Gasteiger partial charge on any atom is 0.416 e. The van der Waals surface area contributed by atoms with Gasteiger partial charge in [-0.05, 0) is 52.7 Å². The molecular formula is C28H36BrNO7. The fourth-order valence-corrected chi connectivity index (χ4v) is 5.06. The molecule has 202 valence electrons. The number of esters is 1. The Labute approximate surface area is 226 Å². The SMILES string of the molecule is CC(=O)O[C@@H](c1cc(Br)c(CCCCCCO)o1)[C@@H](Cc1ccccc1)C(=O)N1C(=O)OC[C@H]1C(C)C. The summed E-state index contributed by atoms with van der Waals surface area (Å²) in [6.07, 6.45) is 2.67. The molecule has 0 radical (unpaired) electrons. The number of rotatable bonds is 13. The molecule has 8 nitrogen and oxygen atoms in total. The fourth-order valence-electron chi connectivity index (χ4n) is 4.56. The van der Waals surface area contributed by atoms with Crippen molar-refractivity contribution in [2.75, 3.05) is 13.2 Å². The van der Waals surface area contributed by atoms with Crippen LogP contribution in [0, 0.1) is 11.8 Å². The van der Waals surface area contributed by atoms with Gasteiger partial charge in [0.2, 0.25) is 5.91 Å². The lowest BCUT2D eigenvalue weighted by Crippen LogP contribution is -2.47. The van der Waals surface area contributed by atoms with E-state index >= 15 is 0 Å². The molecule has 1 aromatic carbocycles. The molecule has 1 aliphatic heterocycles. The predicted octanol–water partition coefficient (Wildman–Crippen LogP) is 5.60. The standard InChI is InChI=1S/C28H36BrNO7/c1-18(2)23-17-35-28(34)30(23)27(33)21(15-20-11-7-6-8-12-20)26(36-19(3)32)25-16-22(29)24(37-25)13-9-4-5-10-14-31/h6-8,11-12,16,18,21,23,26,31H,4-5,9-10,13-15,17H2,1-3H3/t21-,23+,26-/m1/s1. The third-order valence-corrected chi connectivity index (χ3v) is 7.23. The van der Waals surface area contributed by atoms with Crippen LogP contribution in [0.4, 0.5) is 4.79 Å². The molecule has 1 aliphatic rings. The highest BCUT2D eigenvalue weighted by Crippen LogP contribution is 2.37. The van der Waals surface area contributed by atoms with Gasteiger partial charge in [0.05, 0.1) is 16.4 Å². The van der Waals surface area contributed by atoms with Crippen molar-refractivity contribution in [1.82, 2.24) is 4.90 Å². The molecule has 0 saturated carbocycles. The first-order valence-corrected chi connectivity index (χ1v) is 13.6. The topological polar surface area (TPSA) is 106 Å².